The normalized spacial score (nSPS) is 10.1. The lowest BCUT2D eigenvalue weighted by Gasteiger charge is -2.09. The van der Waals surface area contributed by atoms with E-state index >= 15 is 0 Å². The lowest BCUT2D eigenvalue weighted by atomic mass is 10.2. The van der Waals surface area contributed by atoms with E-state index in [-0.39, 0.29) is 36.2 Å². The molecule has 0 aromatic heterocycles. The third kappa shape index (κ3) is 3.57. The van der Waals surface area contributed by atoms with E-state index in [1.165, 1.54) is 12.1 Å². The highest BCUT2D eigenvalue weighted by molar-refractivity contribution is 6.31. The summed E-state index contributed by atoms with van der Waals surface area (Å²) in [5.41, 5.74) is 0.257. The van der Waals surface area contributed by atoms with E-state index in [0.717, 1.165) is 0 Å². The summed E-state index contributed by atoms with van der Waals surface area (Å²) in [6, 6.07) is 2.72. The molecule has 0 fully saturated rings. The van der Waals surface area contributed by atoms with Crippen LogP contribution in [-0.4, -0.2) is 24.3 Å². The summed E-state index contributed by atoms with van der Waals surface area (Å²) < 4.78 is 23.1. The molecule has 0 heterocycles. The third-order valence-electron chi connectivity index (χ3n) is 1.95. The Balaban J connectivity index is 2.73. The zero-order valence-corrected chi connectivity index (χ0v) is 9.96. The average molecular weight is 263 g/mol. The second-order valence-electron chi connectivity index (χ2n) is 3.10. The average Bonchev–Trinajstić information content (AvgIpc) is 2.31. The number of benzene rings is 1. The van der Waals surface area contributed by atoms with Crippen LogP contribution in [0.3, 0.4) is 0 Å². The number of hydrogen-bond acceptors (Lipinski definition) is 4. The van der Waals surface area contributed by atoms with Crippen LogP contribution in [0.15, 0.2) is 12.1 Å². The van der Waals surface area contributed by atoms with Crippen LogP contribution in [0.2, 0.25) is 5.02 Å². The van der Waals surface area contributed by atoms with Crippen LogP contribution >= 0.6 is 11.6 Å². The SMILES string of the molecule is CCOC(=O)COc1ccc(CO)c(Cl)c1F. The number of carbonyl (C=O) groups excluding carboxylic acids is 1. The zero-order chi connectivity index (χ0) is 12.8. The van der Waals surface area contributed by atoms with Gasteiger partial charge in [0.15, 0.2) is 18.2 Å². The summed E-state index contributed by atoms with van der Waals surface area (Å²) >= 11 is 5.64. The molecule has 0 radical (unpaired) electrons. The van der Waals surface area contributed by atoms with Gasteiger partial charge in [-0.15, -0.1) is 0 Å². The minimum atomic E-state index is -0.803. The molecule has 0 aliphatic heterocycles. The van der Waals surface area contributed by atoms with Gasteiger partial charge < -0.3 is 14.6 Å². The maximum absolute atomic E-state index is 13.6. The fourth-order valence-corrected chi connectivity index (χ4v) is 1.36. The van der Waals surface area contributed by atoms with Gasteiger partial charge in [0, 0.05) is 0 Å². The van der Waals surface area contributed by atoms with Crippen molar-refractivity contribution in [3.8, 4) is 5.75 Å². The number of carbonyl (C=O) groups is 1. The lowest BCUT2D eigenvalue weighted by molar-refractivity contribution is -0.145. The molecule has 0 saturated carbocycles. The first kappa shape index (κ1) is 13.7. The molecule has 0 amide bonds. The van der Waals surface area contributed by atoms with Crippen molar-refractivity contribution >= 4 is 17.6 Å². The van der Waals surface area contributed by atoms with Crippen molar-refractivity contribution < 1.29 is 23.8 Å². The first-order valence-electron chi connectivity index (χ1n) is 4.96. The second-order valence-corrected chi connectivity index (χ2v) is 3.48. The highest BCUT2D eigenvalue weighted by atomic mass is 35.5. The van der Waals surface area contributed by atoms with Crippen LogP contribution in [0.5, 0.6) is 5.75 Å². The smallest absolute Gasteiger partial charge is 0.344 e. The van der Waals surface area contributed by atoms with E-state index in [0.29, 0.717) is 0 Å². The van der Waals surface area contributed by atoms with Crippen molar-refractivity contribution in [3.05, 3.63) is 28.5 Å². The van der Waals surface area contributed by atoms with Crippen LogP contribution in [-0.2, 0) is 16.1 Å². The molecule has 4 nitrogen and oxygen atoms in total. The monoisotopic (exact) mass is 262 g/mol. The Morgan fingerprint density at radius 1 is 1.53 bits per heavy atom. The number of ether oxygens (including phenoxy) is 2. The second kappa shape index (κ2) is 6.42. The summed E-state index contributed by atoms with van der Waals surface area (Å²) in [5.74, 6) is -1.54. The van der Waals surface area contributed by atoms with E-state index in [1.807, 2.05) is 0 Å². The molecule has 1 aromatic rings. The minimum absolute atomic E-state index is 0.153. The van der Waals surface area contributed by atoms with Gasteiger partial charge in [0.05, 0.1) is 18.2 Å². The molecule has 0 saturated heterocycles. The highest BCUT2D eigenvalue weighted by Gasteiger charge is 2.13. The largest absolute Gasteiger partial charge is 0.479 e. The Morgan fingerprint density at radius 3 is 2.82 bits per heavy atom. The van der Waals surface area contributed by atoms with Gasteiger partial charge in [0.2, 0.25) is 0 Å². The van der Waals surface area contributed by atoms with Crippen LogP contribution in [0.1, 0.15) is 12.5 Å². The fourth-order valence-electron chi connectivity index (χ4n) is 1.14. The first-order chi connectivity index (χ1) is 8.10. The van der Waals surface area contributed by atoms with Gasteiger partial charge in [-0.1, -0.05) is 17.7 Å². The Labute approximate surface area is 103 Å². The van der Waals surface area contributed by atoms with Gasteiger partial charge in [-0.3, -0.25) is 0 Å². The summed E-state index contributed by atoms with van der Waals surface area (Å²) in [6.45, 7) is 1.13. The molecule has 0 unspecified atom stereocenters. The molecule has 1 aromatic carbocycles. The molecule has 6 heteroatoms. The summed E-state index contributed by atoms with van der Waals surface area (Å²) in [6.07, 6.45) is 0. The number of hydrogen-bond donors (Lipinski definition) is 1. The van der Waals surface area contributed by atoms with Gasteiger partial charge >= 0.3 is 5.97 Å². The minimum Gasteiger partial charge on any atom is -0.479 e. The maximum atomic E-state index is 13.6. The van der Waals surface area contributed by atoms with Gasteiger partial charge in [-0.05, 0) is 18.6 Å². The first-order valence-corrected chi connectivity index (χ1v) is 5.34. The van der Waals surface area contributed by atoms with Gasteiger partial charge in [-0.2, -0.15) is 0 Å². The lowest BCUT2D eigenvalue weighted by Crippen LogP contribution is -2.15. The Morgan fingerprint density at radius 2 is 2.24 bits per heavy atom. The molecule has 0 spiro atoms. The summed E-state index contributed by atoms with van der Waals surface area (Å²) in [4.78, 5) is 11.0. The highest BCUT2D eigenvalue weighted by Crippen LogP contribution is 2.28. The summed E-state index contributed by atoms with van der Waals surface area (Å²) in [7, 11) is 0. The predicted octanol–water partition coefficient (Wildman–Crippen LogP) is 1.91. The van der Waals surface area contributed by atoms with Crippen LogP contribution in [0.25, 0.3) is 0 Å². The van der Waals surface area contributed by atoms with Crippen LogP contribution < -0.4 is 4.74 Å². The van der Waals surface area contributed by atoms with E-state index in [9.17, 15) is 9.18 Å². The Hall–Kier alpha value is -1.33. The number of rotatable bonds is 5. The molecular formula is C11H12ClFO4. The quantitative estimate of drug-likeness (QED) is 0.824. The van der Waals surface area contributed by atoms with Gasteiger partial charge in [-0.25, -0.2) is 9.18 Å². The fraction of sp³-hybridized carbons (Fsp3) is 0.364. The van der Waals surface area contributed by atoms with E-state index in [4.69, 9.17) is 21.4 Å². The zero-order valence-electron chi connectivity index (χ0n) is 9.20. The number of aliphatic hydroxyl groups excluding tert-OH is 1. The van der Waals surface area contributed by atoms with E-state index < -0.39 is 11.8 Å². The standard InChI is InChI=1S/C11H12ClFO4/c1-2-16-9(15)6-17-8-4-3-7(5-14)10(12)11(8)13/h3-4,14H,2,5-6H2,1H3. The van der Waals surface area contributed by atoms with Crippen LogP contribution in [0.4, 0.5) is 4.39 Å². The molecule has 1 N–H and O–H groups in total. The molecule has 0 aliphatic rings. The van der Waals surface area contributed by atoms with Crippen molar-refractivity contribution in [2.45, 2.75) is 13.5 Å². The molecule has 0 atom stereocenters. The molecule has 0 aliphatic carbocycles. The Bertz CT molecular complexity index is 409. The van der Waals surface area contributed by atoms with Crippen LogP contribution in [0, 0.1) is 5.82 Å². The van der Waals surface area contributed by atoms with E-state index in [2.05, 4.69) is 4.74 Å². The van der Waals surface area contributed by atoms with Crippen molar-refractivity contribution in [1.29, 1.82) is 0 Å². The molecule has 0 bridgehead atoms. The molecule has 17 heavy (non-hydrogen) atoms. The number of aliphatic hydroxyl groups is 1. The van der Waals surface area contributed by atoms with Crippen molar-refractivity contribution in [2.24, 2.45) is 0 Å². The van der Waals surface area contributed by atoms with Crippen molar-refractivity contribution in [2.75, 3.05) is 13.2 Å². The topological polar surface area (TPSA) is 55.8 Å². The van der Waals surface area contributed by atoms with Gasteiger partial charge in [0.25, 0.3) is 0 Å². The number of halogens is 2. The number of esters is 1. The summed E-state index contributed by atoms with van der Waals surface area (Å²) in [5, 5.41) is 8.64. The van der Waals surface area contributed by atoms with Crippen molar-refractivity contribution in [3.63, 3.8) is 0 Å². The maximum Gasteiger partial charge on any atom is 0.344 e. The predicted molar refractivity (Wildman–Crippen MR) is 59.5 cm³/mol. The van der Waals surface area contributed by atoms with E-state index in [1.54, 1.807) is 6.92 Å². The molecule has 1 rings (SSSR count). The van der Waals surface area contributed by atoms with Gasteiger partial charge in [0.1, 0.15) is 0 Å². The third-order valence-corrected chi connectivity index (χ3v) is 2.36. The Kier molecular flexibility index (Phi) is 5.18. The molecule has 94 valence electrons. The van der Waals surface area contributed by atoms with Crippen molar-refractivity contribution in [1.82, 2.24) is 0 Å². The molecular weight excluding hydrogens is 251 g/mol.